The Morgan fingerprint density at radius 1 is 1.41 bits per heavy atom. The van der Waals surface area contributed by atoms with Gasteiger partial charge in [-0.2, -0.15) is 0 Å². The molecule has 0 saturated carbocycles. The molecule has 17 heavy (non-hydrogen) atoms. The fourth-order valence-corrected chi connectivity index (χ4v) is 2.01. The summed E-state index contributed by atoms with van der Waals surface area (Å²) < 4.78 is 5.14. The van der Waals surface area contributed by atoms with Crippen molar-refractivity contribution >= 4 is 17.6 Å². The first-order valence-electron chi connectivity index (χ1n) is 5.38. The minimum Gasteiger partial charge on any atom is -0.440 e. The summed E-state index contributed by atoms with van der Waals surface area (Å²) in [6.45, 7) is 4.85. The van der Waals surface area contributed by atoms with E-state index in [1.807, 2.05) is 19.9 Å². The van der Waals surface area contributed by atoms with Gasteiger partial charge in [0.1, 0.15) is 17.9 Å². The summed E-state index contributed by atoms with van der Waals surface area (Å²) in [5.41, 5.74) is 0.957. The Hall–Kier alpha value is -1.56. The third kappa shape index (κ3) is 3.45. The molecule has 0 aliphatic heterocycles. The summed E-state index contributed by atoms with van der Waals surface area (Å²) in [5.74, 6) is 2.30. The van der Waals surface area contributed by atoms with Gasteiger partial charge in [0.25, 0.3) is 5.22 Å². The van der Waals surface area contributed by atoms with Crippen molar-refractivity contribution in [2.45, 2.75) is 24.8 Å². The van der Waals surface area contributed by atoms with Crippen molar-refractivity contribution in [1.29, 1.82) is 0 Å². The molecule has 0 bridgehead atoms. The third-order valence-corrected chi connectivity index (χ3v) is 2.84. The lowest BCUT2D eigenvalue weighted by molar-refractivity contribution is 0.454. The highest BCUT2D eigenvalue weighted by atomic mass is 32.2. The number of hydrogen-bond acceptors (Lipinski definition) is 6. The number of aromatic nitrogens is 3. The monoisotopic (exact) mass is 250 g/mol. The van der Waals surface area contributed by atoms with Crippen LogP contribution >= 0.6 is 11.8 Å². The second-order valence-corrected chi connectivity index (χ2v) is 4.35. The van der Waals surface area contributed by atoms with Gasteiger partial charge in [-0.15, -0.1) is 0 Å². The number of aryl methyl sites for hydroxylation is 1. The van der Waals surface area contributed by atoms with Crippen LogP contribution in [-0.2, 0) is 5.75 Å². The molecule has 0 aliphatic carbocycles. The number of nitrogens with zero attached hydrogens (tertiary/aromatic N) is 3. The summed E-state index contributed by atoms with van der Waals surface area (Å²) in [6.07, 6.45) is 3.19. The van der Waals surface area contributed by atoms with Gasteiger partial charge < -0.3 is 9.73 Å². The zero-order valence-corrected chi connectivity index (χ0v) is 10.6. The number of oxazole rings is 1. The van der Waals surface area contributed by atoms with Crippen molar-refractivity contribution in [3.63, 3.8) is 0 Å². The van der Waals surface area contributed by atoms with Gasteiger partial charge in [0.15, 0.2) is 0 Å². The maximum Gasteiger partial charge on any atom is 0.255 e. The Morgan fingerprint density at radius 3 is 3.00 bits per heavy atom. The van der Waals surface area contributed by atoms with Crippen LogP contribution in [0.2, 0.25) is 0 Å². The van der Waals surface area contributed by atoms with E-state index < -0.39 is 0 Å². The van der Waals surface area contributed by atoms with Gasteiger partial charge in [0, 0.05) is 18.3 Å². The average molecular weight is 250 g/mol. The number of thioether (sulfide) groups is 1. The molecule has 2 aromatic rings. The summed E-state index contributed by atoms with van der Waals surface area (Å²) in [4.78, 5) is 12.8. The van der Waals surface area contributed by atoms with Crippen LogP contribution in [0, 0.1) is 6.92 Å². The molecule has 2 heterocycles. The molecule has 0 saturated heterocycles. The molecule has 0 aliphatic rings. The lowest BCUT2D eigenvalue weighted by Crippen LogP contribution is -2.04. The Balaban J connectivity index is 2.04. The summed E-state index contributed by atoms with van der Waals surface area (Å²) in [7, 11) is 0. The summed E-state index contributed by atoms with van der Waals surface area (Å²) >= 11 is 1.49. The molecular formula is C11H14N4OS. The van der Waals surface area contributed by atoms with Gasteiger partial charge in [-0.3, -0.25) is 0 Å². The first kappa shape index (κ1) is 11.9. The molecule has 2 aromatic heterocycles. The van der Waals surface area contributed by atoms with Crippen molar-refractivity contribution in [2.24, 2.45) is 0 Å². The van der Waals surface area contributed by atoms with Crippen LogP contribution in [-0.4, -0.2) is 21.5 Å². The predicted octanol–water partition coefficient (Wildman–Crippen LogP) is 2.50. The van der Waals surface area contributed by atoms with E-state index in [1.54, 1.807) is 12.5 Å². The summed E-state index contributed by atoms with van der Waals surface area (Å²) in [6, 6.07) is 1.93. The van der Waals surface area contributed by atoms with E-state index in [9.17, 15) is 0 Å². The highest BCUT2D eigenvalue weighted by Gasteiger charge is 2.05. The Bertz CT molecular complexity index is 472. The predicted molar refractivity (Wildman–Crippen MR) is 67.0 cm³/mol. The van der Waals surface area contributed by atoms with E-state index in [4.69, 9.17) is 4.42 Å². The smallest absolute Gasteiger partial charge is 0.255 e. The molecular weight excluding hydrogens is 236 g/mol. The molecule has 0 atom stereocenters. The zero-order chi connectivity index (χ0) is 12.1. The van der Waals surface area contributed by atoms with Crippen molar-refractivity contribution in [2.75, 3.05) is 11.9 Å². The van der Waals surface area contributed by atoms with Crippen LogP contribution in [0.5, 0.6) is 0 Å². The van der Waals surface area contributed by atoms with Crippen LogP contribution in [0.1, 0.15) is 18.4 Å². The van der Waals surface area contributed by atoms with E-state index in [0.29, 0.717) is 11.0 Å². The van der Waals surface area contributed by atoms with Gasteiger partial charge >= 0.3 is 0 Å². The van der Waals surface area contributed by atoms with Crippen LogP contribution < -0.4 is 5.32 Å². The lowest BCUT2D eigenvalue weighted by atomic mass is 10.4. The van der Waals surface area contributed by atoms with E-state index in [0.717, 1.165) is 23.9 Å². The van der Waals surface area contributed by atoms with Gasteiger partial charge in [-0.25, -0.2) is 15.0 Å². The van der Waals surface area contributed by atoms with Crippen LogP contribution in [0.25, 0.3) is 0 Å². The summed E-state index contributed by atoms with van der Waals surface area (Å²) in [5, 5.41) is 3.82. The normalized spacial score (nSPS) is 10.5. The second kappa shape index (κ2) is 5.67. The molecule has 0 amide bonds. The minimum atomic E-state index is 0.639. The van der Waals surface area contributed by atoms with E-state index in [-0.39, 0.29) is 0 Å². The highest BCUT2D eigenvalue weighted by molar-refractivity contribution is 7.98. The molecule has 6 heteroatoms. The van der Waals surface area contributed by atoms with Crippen molar-refractivity contribution in [3.8, 4) is 0 Å². The van der Waals surface area contributed by atoms with Gasteiger partial charge in [-0.1, -0.05) is 11.8 Å². The molecule has 5 nitrogen and oxygen atoms in total. The fraction of sp³-hybridized carbons (Fsp3) is 0.364. The highest BCUT2D eigenvalue weighted by Crippen LogP contribution is 2.19. The number of rotatable bonds is 5. The fourth-order valence-electron chi connectivity index (χ4n) is 1.37. The largest absolute Gasteiger partial charge is 0.440 e. The average Bonchev–Trinajstić information content (AvgIpc) is 2.79. The zero-order valence-electron chi connectivity index (χ0n) is 9.80. The van der Waals surface area contributed by atoms with Crippen LogP contribution in [0.4, 0.5) is 5.82 Å². The van der Waals surface area contributed by atoms with Gasteiger partial charge in [0.05, 0.1) is 11.9 Å². The van der Waals surface area contributed by atoms with Gasteiger partial charge in [0.2, 0.25) is 0 Å². The molecule has 0 aromatic carbocycles. The molecule has 0 unspecified atom stereocenters. The van der Waals surface area contributed by atoms with E-state index >= 15 is 0 Å². The maximum atomic E-state index is 5.14. The van der Waals surface area contributed by atoms with Crippen LogP contribution in [0.3, 0.4) is 0 Å². The van der Waals surface area contributed by atoms with Crippen molar-refractivity contribution in [1.82, 2.24) is 15.0 Å². The van der Waals surface area contributed by atoms with Crippen molar-refractivity contribution in [3.05, 3.63) is 30.0 Å². The van der Waals surface area contributed by atoms with Crippen LogP contribution in [0.15, 0.2) is 28.2 Å². The second-order valence-electron chi connectivity index (χ2n) is 3.43. The maximum absolute atomic E-state index is 5.14. The standard InChI is InChI=1S/C11H14N4OS/c1-3-12-9-6-8(2)14-10(15-9)7-17-11-13-4-5-16-11/h4-6H,3,7H2,1-2H3,(H,12,14,15). The van der Waals surface area contributed by atoms with E-state index in [1.165, 1.54) is 11.8 Å². The number of hydrogen-bond donors (Lipinski definition) is 1. The minimum absolute atomic E-state index is 0.639. The number of nitrogens with one attached hydrogen (secondary N) is 1. The van der Waals surface area contributed by atoms with Crippen molar-refractivity contribution < 1.29 is 4.42 Å². The molecule has 90 valence electrons. The topological polar surface area (TPSA) is 63.8 Å². The number of anilines is 1. The third-order valence-electron chi connectivity index (χ3n) is 1.99. The van der Waals surface area contributed by atoms with E-state index in [2.05, 4.69) is 20.3 Å². The Morgan fingerprint density at radius 2 is 2.29 bits per heavy atom. The SMILES string of the molecule is CCNc1cc(C)nc(CSc2ncco2)n1. The molecule has 0 radical (unpaired) electrons. The lowest BCUT2D eigenvalue weighted by Gasteiger charge is -2.05. The quantitative estimate of drug-likeness (QED) is 0.822. The first-order valence-corrected chi connectivity index (χ1v) is 6.37. The van der Waals surface area contributed by atoms with Gasteiger partial charge in [-0.05, 0) is 13.8 Å². The Kier molecular flexibility index (Phi) is 3.98. The Labute approximate surface area is 104 Å². The molecule has 0 fully saturated rings. The molecule has 2 rings (SSSR count). The molecule has 0 spiro atoms. The molecule has 1 N–H and O–H groups in total. The first-order chi connectivity index (χ1) is 8.28.